The van der Waals surface area contributed by atoms with Crippen LogP contribution in [0.25, 0.3) is 0 Å². The SMILES string of the molecule is CCNC(=NCC(=O)N1CCN(c2ccc(Cl)cc2)CC1)NC1CC2CCC1O2.I. The Morgan fingerprint density at radius 2 is 1.93 bits per heavy atom. The second-order valence-electron chi connectivity index (χ2n) is 7.90. The lowest BCUT2D eigenvalue weighted by Gasteiger charge is -2.36. The van der Waals surface area contributed by atoms with Crippen molar-refractivity contribution in [1.82, 2.24) is 15.5 Å². The molecule has 30 heavy (non-hydrogen) atoms. The summed E-state index contributed by atoms with van der Waals surface area (Å²) in [5.74, 6) is 0.781. The average molecular weight is 548 g/mol. The van der Waals surface area contributed by atoms with E-state index >= 15 is 0 Å². The number of hydrogen-bond donors (Lipinski definition) is 2. The molecule has 1 aromatic carbocycles. The highest BCUT2D eigenvalue weighted by atomic mass is 127. The largest absolute Gasteiger partial charge is 0.373 e. The van der Waals surface area contributed by atoms with Crippen molar-refractivity contribution >= 4 is 53.1 Å². The molecule has 0 spiro atoms. The molecule has 3 unspecified atom stereocenters. The van der Waals surface area contributed by atoms with Crippen LogP contribution < -0.4 is 15.5 Å². The fourth-order valence-corrected chi connectivity index (χ4v) is 4.52. The van der Waals surface area contributed by atoms with Crippen LogP contribution in [0.4, 0.5) is 5.69 Å². The molecule has 4 rings (SSSR count). The van der Waals surface area contributed by atoms with Crippen molar-refractivity contribution in [3.05, 3.63) is 29.3 Å². The van der Waals surface area contributed by atoms with Crippen molar-refractivity contribution < 1.29 is 9.53 Å². The van der Waals surface area contributed by atoms with Crippen LogP contribution in [0, 0.1) is 0 Å². The first-order chi connectivity index (χ1) is 14.1. The first-order valence-corrected chi connectivity index (χ1v) is 11.0. The highest BCUT2D eigenvalue weighted by Crippen LogP contribution is 2.34. The summed E-state index contributed by atoms with van der Waals surface area (Å²) in [6.07, 6.45) is 3.96. The van der Waals surface area contributed by atoms with Gasteiger partial charge in [0.1, 0.15) is 6.54 Å². The maximum Gasteiger partial charge on any atom is 0.244 e. The number of guanidine groups is 1. The lowest BCUT2D eigenvalue weighted by Crippen LogP contribution is -2.50. The molecule has 3 aliphatic heterocycles. The van der Waals surface area contributed by atoms with Crippen molar-refractivity contribution in [1.29, 1.82) is 0 Å². The van der Waals surface area contributed by atoms with Gasteiger partial charge in [-0.05, 0) is 50.5 Å². The second-order valence-corrected chi connectivity index (χ2v) is 8.34. The number of ether oxygens (including phenoxy) is 1. The molecule has 166 valence electrons. The van der Waals surface area contributed by atoms with E-state index in [-0.39, 0.29) is 42.5 Å². The van der Waals surface area contributed by atoms with Gasteiger partial charge in [0.05, 0.1) is 18.2 Å². The number of carbonyl (C=O) groups is 1. The quantitative estimate of drug-likeness (QED) is 0.337. The molecular weight excluding hydrogens is 517 g/mol. The number of amides is 1. The van der Waals surface area contributed by atoms with Crippen LogP contribution >= 0.6 is 35.6 Å². The van der Waals surface area contributed by atoms with E-state index in [0.29, 0.717) is 31.2 Å². The van der Waals surface area contributed by atoms with Crippen molar-refractivity contribution in [3.63, 3.8) is 0 Å². The standard InChI is InChI=1S/C21H30ClN5O2.HI/c1-2-23-21(25-18-13-17-7-8-19(18)29-17)24-14-20(28)27-11-9-26(10-12-27)16-5-3-15(22)4-6-16;/h3-6,17-19H,2,7-14H2,1H3,(H2,23,24,25);1H. The monoisotopic (exact) mass is 547 g/mol. The lowest BCUT2D eigenvalue weighted by atomic mass is 9.96. The molecule has 9 heteroatoms. The Bertz CT molecular complexity index is 739. The Morgan fingerprint density at radius 3 is 2.53 bits per heavy atom. The first kappa shape index (κ1) is 23.4. The number of piperazine rings is 1. The van der Waals surface area contributed by atoms with Gasteiger partial charge >= 0.3 is 0 Å². The van der Waals surface area contributed by atoms with E-state index in [1.807, 2.05) is 36.1 Å². The van der Waals surface area contributed by atoms with Gasteiger partial charge < -0.3 is 25.2 Å². The number of benzene rings is 1. The zero-order valence-corrected chi connectivity index (χ0v) is 20.4. The molecule has 3 heterocycles. The van der Waals surface area contributed by atoms with E-state index in [2.05, 4.69) is 20.5 Å². The highest BCUT2D eigenvalue weighted by molar-refractivity contribution is 14.0. The van der Waals surface area contributed by atoms with E-state index in [1.165, 1.54) is 0 Å². The number of rotatable bonds is 5. The van der Waals surface area contributed by atoms with Gasteiger partial charge in [-0.15, -0.1) is 24.0 Å². The summed E-state index contributed by atoms with van der Waals surface area (Å²) in [5, 5.41) is 7.46. The fraction of sp³-hybridized carbons (Fsp3) is 0.619. The molecule has 1 amide bonds. The van der Waals surface area contributed by atoms with Gasteiger partial charge in [-0.25, -0.2) is 4.99 Å². The summed E-state index contributed by atoms with van der Waals surface area (Å²) in [4.78, 5) is 21.4. The van der Waals surface area contributed by atoms with Gasteiger partial charge in [-0.3, -0.25) is 4.79 Å². The number of fused-ring (bicyclic) bond motifs is 2. The Labute approximate surface area is 200 Å². The third kappa shape index (κ3) is 5.70. The van der Waals surface area contributed by atoms with E-state index < -0.39 is 0 Å². The van der Waals surface area contributed by atoms with Gasteiger partial charge in [-0.1, -0.05) is 11.6 Å². The molecule has 7 nitrogen and oxygen atoms in total. The molecule has 2 bridgehead atoms. The molecule has 3 fully saturated rings. The summed E-state index contributed by atoms with van der Waals surface area (Å²) >= 11 is 5.97. The van der Waals surface area contributed by atoms with Crippen molar-refractivity contribution in [2.45, 2.75) is 44.4 Å². The van der Waals surface area contributed by atoms with Crippen LogP contribution in [0.1, 0.15) is 26.2 Å². The Kier molecular flexibility index (Phi) is 8.47. The maximum atomic E-state index is 12.7. The molecular formula is C21H31ClIN5O2. The summed E-state index contributed by atoms with van der Waals surface area (Å²) in [6.45, 7) is 6.02. The van der Waals surface area contributed by atoms with Crippen LogP contribution in [0.5, 0.6) is 0 Å². The number of nitrogens with zero attached hydrogens (tertiary/aromatic N) is 3. The zero-order valence-electron chi connectivity index (χ0n) is 17.3. The van der Waals surface area contributed by atoms with E-state index in [0.717, 1.165) is 49.6 Å². The molecule has 3 atom stereocenters. The normalized spacial score (nSPS) is 25.8. The highest BCUT2D eigenvalue weighted by Gasteiger charge is 2.41. The average Bonchev–Trinajstić information content (AvgIpc) is 3.36. The predicted molar refractivity (Wildman–Crippen MR) is 131 cm³/mol. The molecule has 3 saturated heterocycles. The third-order valence-electron chi connectivity index (χ3n) is 5.97. The zero-order chi connectivity index (χ0) is 20.2. The Morgan fingerprint density at radius 1 is 1.20 bits per heavy atom. The number of halogens is 2. The number of anilines is 1. The summed E-state index contributed by atoms with van der Waals surface area (Å²) in [5.41, 5.74) is 1.14. The molecule has 0 saturated carbocycles. The van der Waals surface area contributed by atoms with Crippen molar-refractivity contribution in [2.24, 2.45) is 4.99 Å². The Hall–Kier alpha value is -1.26. The molecule has 1 aromatic rings. The maximum absolute atomic E-state index is 12.7. The van der Waals surface area contributed by atoms with Crippen LogP contribution in [0.2, 0.25) is 5.02 Å². The van der Waals surface area contributed by atoms with Crippen LogP contribution in [0.15, 0.2) is 29.3 Å². The van der Waals surface area contributed by atoms with Gasteiger partial charge in [0.15, 0.2) is 5.96 Å². The number of hydrogen-bond acceptors (Lipinski definition) is 4. The minimum atomic E-state index is 0. The fourth-order valence-electron chi connectivity index (χ4n) is 4.40. The third-order valence-corrected chi connectivity index (χ3v) is 6.22. The minimum Gasteiger partial charge on any atom is -0.373 e. The number of aliphatic imine (C=N–C) groups is 1. The van der Waals surface area contributed by atoms with Crippen molar-refractivity contribution in [3.8, 4) is 0 Å². The van der Waals surface area contributed by atoms with Crippen LogP contribution in [-0.4, -0.2) is 74.3 Å². The molecule has 0 radical (unpaired) electrons. The molecule has 0 aromatic heterocycles. The second kappa shape index (κ2) is 10.9. The summed E-state index contributed by atoms with van der Waals surface area (Å²) in [6, 6.07) is 8.15. The Balaban J connectivity index is 0.00000256. The molecule has 3 aliphatic rings. The topological polar surface area (TPSA) is 69.2 Å². The van der Waals surface area contributed by atoms with Gasteiger partial charge in [0.25, 0.3) is 0 Å². The lowest BCUT2D eigenvalue weighted by molar-refractivity contribution is -0.129. The van der Waals surface area contributed by atoms with Gasteiger partial charge in [0, 0.05) is 43.4 Å². The van der Waals surface area contributed by atoms with Crippen molar-refractivity contribution in [2.75, 3.05) is 44.2 Å². The summed E-state index contributed by atoms with van der Waals surface area (Å²) in [7, 11) is 0. The van der Waals surface area contributed by atoms with Crippen LogP contribution in [-0.2, 0) is 9.53 Å². The predicted octanol–water partition coefficient (Wildman–Crippen LogP) is 2.48. The smallest absolute Gasteiger partial charge is 0.244 e. The van der Waals surface area contributed by atoms with E-state index in [9.17, 15) is 4.79 Å². The summed E-state index contributed by atoms with van der Waals surface area (Å²) < 4.78 is 5.91. The first-order valence-electron chi connectivity index (χ1n) is 10.6. The minimum absolute atomic E-state index is 0. The van der Waals surface area contributed by atoms with E-state index in [4.69, 9.17) is 16.3 Å². The van der Waals surface area contributed by atoms with Gasteiger partial charge in [-0.2, -0.15) is 0 Å². The number of nitrogens with one attached hydrogen (secondary N) is 2. The van der Waals surface area contributed by atoms with Crippen LogP contribution in [0.3, 0.4) is 0 Å². The number of carbonyl (C=O) groups excluding carboxylic acids is 1. The molecule has 2 N–H and O–H groups in total. The van der Waals surface area contributed by atoms with Gasteiger partial charge in [0.2, 0.25) is 5.91 Å². The molecule has 0 aliphatic carbocycles. The van der Waals surface area contributed by atoms with E-state index in [1.54, 1.807) is 0 Å².